The molecule has 3 rings (SSSR count). The molecule has 5 heteroatoms. The Kier molecular flexibility index (Phi) is 5.41. The Hall–Kier alpha value is -1.59. The van der Waals surface area contributed by atoms with Gasteiger partial charge in [0.05, 0.1) is 6.61 Å². The van der Waals surface area contributed by atoms with Gasteiger partial charge in [-0.3, -0.25) is 9.69 Å². The fourth-order valence-corrected chi connectivity index (χ4v) is 3.42. The lowest BCUT2D eigenvalue weighted by Crippen LogP contribution is -2.48. The van der Waals surface area contributed by atoms with Crippen LogP contribution in [0.1, 0.15) is 37.0 Å². The van der Waals surface area contributed by atoms with Crippen LogP contribution in [-0.4, -0.2) is 72.2 Å². The van der Waals surface area contributed by atoms with Gasteiger partial charge in [-0.2, -0.15) is 0 Å². The van der Waals surface area contributed by atoms with Crippen LogP contribution < -0.4 is 4.90 Å². The molecule has 0 unspecified atom stereocenters. The molecule has 1 N–H and O–H groups in total. The highest BCUT2D eigenvalue weighted by atomic mass is 16.3. The number of carbonyl (C=O) groups is 1. The minimum atomic E-state index is 0.0282. The van der Waals surface area contributed by atoms with E-state index in [2.05, 4.69) is 35.8 Å². The molecule has 1 aliphatic carbocycles. The van der Waals surface area contributed by atoms with E-state index in [-0.39, 0.29) is 12.5 Å². The Bertz CT molecular complexity index is 546. The van der Waals surface area contributed by atoms with E-state index in [9.17, 15) is 9.90 Å². The number of hydrogen-bond acceptors (Lipinski definition) is 4. The van der Waals surface area contributed by atoms with Crippen molar-refractivity contribution in [2.45, 2.75) is 38.8 Å². The topological polar surface area (TPSA) is 47.0 Å². The van der Waals surface area contributed by atoms with Crippen molar-refractivity contribution in [1.29, 1.82) is 0 Å². The predicted octanol–water partition coefficient (Wildman–Crippen LogP) is 1.81. The fourth-order valence-electron chi connectivity index (χ4n) is 3.42. The monoisotopic (exact) mass is 331 g/mol. The molecule has 0 bridgehead atoms. The summed E-state index contributed by atoms with van der Waals surface area (Å²) in [5, 5.41) is 9.18. The van der Waals surface area contributed by atoms with Gasteiger partial charge in [0.25, 0.3) is 5.91 Å². The molecule has 5 nitrogen and oxygen atoms in total. The third-order valence-electron chi connectivity index (χ3n) is 5.11. The van der Waals surface area contributed by atoms with Crippen LogP contribution in [-0.2, 0) is 0 Å². The average molecular weight is 331 g/mol. The number of hydrogen-bond donors (Lipinski definition) is 1. The van der Waals surface area contributed by atoms with Crippen LogP contribution in [0.3, 0.4) is 0 Å². The van der Waals surface area contributed by atoms with Gasteiger partial charge >= 0.3 is 0 Å². The van der Waals surface area contributed by atoms with E-state index >= 15 is 0 Å². The summed E-state index contributed by atoms with van der Waals surface area (Å²) in [7, 11) is 0. The van der Waals surface area contributed by atoms with Crippen molar-refractivity contribution in [3.63, 3.8) is 0 Å². The Morgan fingerprint density at radius 1 is 1.17 bits per heavy atom. The Morgan fingerprint density at radius 3 is 2.29 bits per heavy atom. The van der Waals surface area contributed by atoms with Crippen LogP contribution in [0.5, 0.6) is 0 Å². The van der Waals surface area contributed by atoms with Crippen molar-refractivity contribution in [2.75, 3.05) is 44.2 Å². The first kappa shape index (κ1) is 17.2. The number of aliphatic hydroxyl groups excluding tert-OH is 1. The molecule has 2 fully saturated rings. The van der Waals surface area contributed by atoms with Crippen molar-refractivity contribution in [3.05, 3.63) is 29.8 Å². The third kappa shape index (κ3) is 3.90. The molecule has 132 valence electrons. The smallest absolute Gasteiger partial charge is 0.254 e. The zero-order valence-electron chi connectivity index (χ0n) is 14.8. The largest absolute Gasteiger partial charge is 0.395 e. The second-order valence-corrected chi connectivity index (χ2v) is 7.12. The number of anilines is 1. The van der Waals surface area contributed by atoms with E-state index in [0.717, 1.165) is 44.6 Å². The first-order chi connectivity index (χ1) is 11.6. The molecule has 1 aromatic rings. The molecular formula is C19H29N3O2. The van der Waals surface area contributed by atoms with E-state index < -0.39 is 0 Å². The normalized spacial score (nSPS) is 18.9. The average Bonchev–Trinajstić information content (AvgIpc) is 3.44. The van der Waals surface area contributed by atoms with Gasteiger partial charge in [-0.25, -0.2) is 0 Å². The number of benzene rings is 1. The predicted molar refractivity (Wildman–Crippen MR) is 96.5 cm³/mol. The zero-order valence-corrected chi connectivity index (χ0v) is 14.8. The summed E-state index contributed by atoms with van der Waals surface area (Å²) in [4.78, 5) is 19.3. The van der Waals surface area contributed by atoms with E-state index in [1.807, 2.05) is 17.0 Å². The first-order valence-electron chi connectivity index (χ1n) is 9.11. The SMILES string of the molecule is CC(C)N1CCN(c2ccc(C(=O)N(CCO)C3CC3)cc2)CC1. The lowest BCUT2D eigenvalue weighted by Gasteiger charge is -2.38. The van der Waals surface area contributed by atoms with Gasteiger partial charge in [0, 0.05) is 56.1 Å². The van der Waals surface area contributed by atoms with Crippen LogP contribution in [0.25, 0.3) is 0 Å². The van der Waals surface area contributed by atoms with Crippen LogP contribution in [0.2, 0.25) is 0 Å². The van der Waals surface area contributed by atoms with E-state index in [1.165, 1.54) is 5.69 Å². The minimum Gasteiger partial charge on any atom is -0.395 e. The lowest BCUT2D eigenvalue weighted by molar-refractivity contribution is 0.0707. The molecule has 0 radical (unpaired) electrons. The molecule has 0 aromatic heterocycles. The summed E-state index contributed by atoms with van der Waals surface area (Å²) in [5.41, 5.74) is 1.91. The maximum Gasteiger partial charge on any atom is 0.254 e. The van der Waals surface area contributed by atoms with E-state index in [0.29, 0.717) is 18.6 Å². The molecule has 1 aliphatic heterocycles. The van der Waals surface area contributed by atoms with Crippen LogP contribution in [0, 0.1) is 0 Å². The molecule has 1 amide bonds. The Morgan fingerprint density at radius 2 is 1.79 bits per heavy atom. The molecule has 0 atom stereocenters. The number of amides is 1. The molecule has 0 spiro atoms. The van der Waals surface area contributed by atoms with E-state index in [1.54, 1.807) is 0 Å². The van der Waals surface area contributed by atoms with Crippen molar-refractivity contribution >= 4 is 11.6 Å². The van der Waals surface area contributed by atoms with Gasteiger partial charge in [-0.15, -0.1) is 0 Å². The highest BCUT2D eigenvalue weighted by molar-refractivity contribution is 5.95. The van der Waals surface area contributed by atoms with Gasteiger partial charge in [0.1, 0.15) is 0 Å². The quantitative estimate of drug-likeness (QED) is 0.864. The number of carbonyl (C=O) groups excluding carboxylic acids is 1. The van der Waals surface area contributed by atoms with Crippen molar-refractivity contribution in [1.82, 2.24) is 9.80 Å². The third-order valence-corrected chi connectivity index (χ3v) is 5.11. The Labute approximate surface area is 144 Å². The summed E-state index contributed by atoms with van der Waals surface area (Å²) in [5.74, 6) is 0.0442. The number of piperazine rings is 1. The number of nitrogens with zero attached hydrogens (tertiary/aromatic N) is 3. The highest BCUT2D eigenvalue weighted by Crippen LogP contribution is 2.28. The van der Waals surface area contributed by atoms with Crippen LogP contribution >= 0.6 is 0 Å². The van der Waals surface area contributed by atoms with Gasteiger partial charge in [-0.1, -0.05) is 0 Å². The molecule has 1 heterocycles. The molecule has 1 saturated heterocycles. The summed E-state index contributed by atoms with van der Waals surface area (Å²) in [6.45, 7) is 9.19. The summed E-state index contributed by atoms with van der Waals surface area (Å²) < 4.78 is 0. The maximum absolute atomic E-state index is 12.6. The highest BCUT2D eigenvalue weighted by Gasteiger charge is 2.32. The molecule has 1 saturated carbocycles. The van der Waals surface area contributed by atoms with Gasteiger partial charge in [0.15, 0.2) is 0 Å². The second kappa shape index (κ2) is 7.53. The van der Waals surface area contributed by atoms with E-state index in [4.69, 9.17) is 0 Å². The summed E-state index contributed by atoms with van der Waals surface area (Å²) in [6, 6.07) is 8.91. The minimum absolute atomic E-state index is 0.0282. The fraction of sp³-hybridized carbons (Fsp3) is 0.632. The van der Waals surface area contributed by atoms with Gasteiger partial charge < -0.3 is 14.9 Å². The second-order valence-electron chi connectivity index (χ2n) is 7.12. The molecule has 1 aromatic carbocycles. The first-order valence-corrected chi connectivity index (χ1v) is 9.11. The van der Waals surface area contributed by atoms with Crippen molar-refractivity contribution < 1.29 is 9.90 Å². The van der Waals surface area contributed by atoms with Crippen molar-refractivity contribution in [3.8, 4) is 0 Å². The van der Waals surface area contributed by atoms with Gasteiger partial charge in [0.2, 0.25) is 0 Å². The molecular weight excluding hydrogens is 302 g/mol. The summed E-state index contributed by atoms with van der Waals surface area (Å²) >= 11 is 0. The lowest BCUT2D eigenvalue weighted by atomic mass is 10.1. The van der Waals surface area contributed by atoms with Gasteiger partial charge in [-0.05, 0) is 51.0 Å². The zero-order chi connectivity index (χ0) is 17.1. The molecule has 2 aliphatic rings. The Balaban J connectivity index is 1.62. The van der Waals surface area contributed by atoms with Crippen molar-refractivity contribution in [2.24, 2.45) is 0 Å². The summed E-state index contributed by atoms with van der Waals surface area (Å²) in [6.07, 6.45) is 2.12. The standard InChI is InChI=1S/C19H29N3O2/c1-15(2)20-9-11-21(12-10-20)17-5-3-16(4-6-17)19(24)22(13-14-23)18-7-8-18/h3-6,15,18,23H,7-14H2,1-2H3. The van der Waals surface area contributed by atoms with Crippen LogP contribution in [0.4, 0.5) is 5.69 Å². The number of rotatable bonds is 6. The maximum atomic E-state index is 12.6. The number of aliphatic hydroxyl groups is 1. The van der Waals surface area contributed by atoms with Crippen LogP contribution in [0.15, 0.2) is 24.3 Å². The molecule has 24 heavy (non-hydrogen) atoms.